The number of carbonyl (C=O) groups is 2. The minimum absolute atomic E-state index is 0.0639. The van der Waals surface area contributed by atoms with Crippen LogP contribution in [0.4, 0.5) is 0 Å². The highest BCUT2D eigenvalue weighted by atomic mass is 35.5. The molecule has 0 spiro atoms. The molecule has 1 aromatic carbocycles. The van der Waals surface area contributed by atoms with E-state index < -0.39 is 0 Å². The number of halogens is 1. The summed E-state index contributed by atoms with van der Waals surface area (Å²) >= 11 is 7.28. The molecular formula is C16H21ClN2O3S. The average molecular weight is 357 g/mol. The standard InChI is InChI=1S/C16H21ClN2O3S/c1-12(13-3-2-4-14(17)9-13)18-15(20)10-23-11-16(21)19-5-7-22-8-6-19/h2-4,9,12H,5-8,10-11H2,1H3,(H,18,20). The molecule has 1 fully saturated rings. The predicted octanol–water partition coefficient (Wildman–Crippen LogP) is 2.11. The second-order valence-corrected chi connectivity index (χ2v) is 6.75. The van der Waals surface area contributed by atoms with E-state index in [0.29, 0.717) is 37.1 Å². The summed E-state index contributed by atoms with van der Waals surface area (Å²) in [5.74, 6) is 0.561. The molecule has 1 aliphatic heterocycles. The van der Waals surface area contributed by atoms with Gasteiger partial charge in [-0.2, -0.15) is 0 Å². The van der Waals surface area contributed by atoms with Crippen LogP contribution in [-0.2, 0) is 14.3 Å². The number of nitrogens with one attached hydrogen (secondary N) is 1. The highest BCUT2D eigenvalue weighted by Gasteiger charge is 2.17. The molecule has 0 saturated carbocycles. The Hall–Kier alpha value is -1.24. The van der Waals surface area contributed by atoms with E-state index in [0.717, 1.165) is 5.56 Å². The number of nitrogens with zero attached hydrogens (tertiary/aromatic N) is 1. The Kier molecular flexibility index (Phi) is 7.20. The fourth-order valence-corrected chi connectivity index (χ4v) is 3.20. The van der Waals surface area contributed by atoms with Crippen molar-refractivity contribution in [3.8, 4) is 0 Å². The maximum absolute atomic E-state index is 12.0. The SMILES string of the molecule is CC(NC(=O)CSCC(=O)N1CCOCC1)c1cccc(Cl)c1. The summed E-state index contributed by atoms with van der Waals surface area (Å²) < 4.78 is 5.21. The first kappa shape index (κ1) is 18.1. The van der Waals surface area contributed by atoms with Crippen molar-refractivity contribution in [3.05, 3.63) is 34.9 Å². The number of amides is 2. The summed E-state index contributed by atoms with van der Waals surface area (Å²) in [7, 11) is 0. The first-order valence-corrected chi connectivity index (χ1v) is 9.07. The average Bonchev–Trinajstić information content (AvgIpc) is 2.55. The molecule has 1 heterocycles. The molecule has 2 rings (SSSR count). The Morgan fingerprint density at radius 3 is 2.78 bits per heavy atom. The topological polar surface area (TPSA) is 58.6 Å². The lowest BCUT2D eigenvalue weighted by molar-refractivity contribution is -0.132. The van der Waals surface area contributed by atoms with Gasteiger partial charge in [0.25, 0.3) is 0 Å². The van der Waals surface area contributed by atoms with Crippen molar-refractivity contribution in [2.45, 2.75) is 13.0 Å². The van der Waals surface area contributed by atoms with E-state index in [-0.39, 0.29) is 23.6 Å². The molecule has 23 heavy (non-hydrogen) atoms. The summed E-state index contributed by atoms with van der Waals surface area (Å²) in [6.45, 7) is 4.37. The van der Waals surface area contributed by atoms with Gasteiger partial charge in [-0.15, -0.1) is 11.8 Å². The van der Waals surface area contributed by atoms with Crippen LogP contribution in [0.25, 0.3) is 0 Å². The lowest BCUT2D eigenvalue weighted by atomic mass is 10.1. The van der Waals surface area contributed by atoms with Gasteiger partial charge < -0.3 is 15.0 Å². The fourth-order valence-electron chi connectivity index (χ4n) is 2.28. The van der Waals surface area contributed by atoms with Crippen molar-refractivity contribution in [3.63, 3.8) is 0 Å². The van der Waals surface area contributed by atoms with E-state index in [9.17, 15) is 9.59 Å². The Labute approximate surface area is 145 Å². The Morgan fingerprint density at radius 2 is 2.09 bits per heavy atom. The molecule has 0 aromatic heterocycles. The number of ether oxygens (including phenoxy) is 1. The molecular weight excluding hydrogens is 336 g/mol. The summed E-state index contributed by atoms with van der Waals surface area (Å²) in [4.78, 5) is 25.7. The van der Waals surface area contributed by atoms with Crippen LogP contribution in [0.5, 0.6) is 0 Å². The zero-order valence-electron chi connectivity index (χ0n) is 13.1. The number of hydrogen-bond acceptors (Lipinski definition) is 4. The van der Waals surface area contributed by atoms with E-state index in [1.807, 2.05) is 25.1 Å². The third kappa shape index (κ3) is 6.05. The van der Waals surface area contributed by atoms with E-state index in [1.54, 1.807) is 11.0 Å². The van der Waals surface area contributed by atoms with Crippen LogP contribution in [0.2, 0.25) is 5.02 Å². The minimum Gasteiger partial charge on any atom is -0.378 e. The second kappa shape index (κ2) is 9.15. The lowest BCUT2D eigenvalue weighted by Gasteiger charge is -2.26. The summed E-state index contributed by atoms with van der Waals surface area (Å²) in [6, 6.07) is 7.30. The Morgan fingerprint density at radius 1 is 1.35 bits per heavy atom. The zero-order valence-corrected chi connectivity index (χ0v) is 14.7. The molecule has 1 aromatic rings. The van der Waals surface area contributed by atoms with E-state index in [2.05, 4.69) is 5.32 Å². The molecule has 1 atom stereocenters. The monoisotopic (exact) mass is 356 g/mol. The number of hydrogen-bond donors (Lipinski definition) is 1. The van der Waals surface area contributed by atoms with Crippen LogP contribution in [0, 0.1) is 0 Å². The molecule has 7 heteroatoms. The molecule has 2 amide bonds. The molecule has 0 aliphatic carbocycles. The zero-order chi connectivity index (χ0) is 16.7. The minimum atomic E-state index is -0.114. The Balaban J connectivity index is 1.69. The van der Waals surface area contributed by atoms with E-state index in [1.165, 1.54) is 11.8 Å². The highest BCUT2D eigenvalue weighted by Crippen LogP contribution is 2.17. The fraction of sp³-hybridized carbons (Fsp3) is 0.500. The van der Waals surface area contributed by atoms with Crippen LogP contribution >= 0.6 is 23.4 Å². The summed E-state index contributed by atoms with van der Waals surface area (Å²) in [5, 5.41) is 3.56. The molecule has 5 nitrogen and oxygen atoms in total. The van der Waals surface area contributed by atoms with Gasteiger partial charge in [-0.05, 0) is 24.6 Å². The molecule has 0 bridgehead atoms. The van der Waals surface area contributed by atoms with Gasteiger partial charge in [0.05, 0.1) is 30.8 Å². The highest BCUT2D eigenvalue weighted by molar-refractivity contribution is 8.00. The van der Waals surface area contributed by atoms with Crippen molar-refractivity contribution < 1.29 is 14.3 Å². The van der Waals surface area contributed by atoms with Gasteiger partial charge in [0.1, 0.15) is 0 Å². The molecule has 1 N–H and O–H groups in total. The molecule has 0 radical (unpaired) electrons. The number of thioether (sulfide) groups is 1. The molecule has 1 aliphatic rings. The van der Waals surface area contributed by atoms with Crippen LogP contribution in [0.1, 0.15) is 18.5 Å². The number of benzene rings is 1. The third-order valence-corrected chi connectivity index (χ3v) is 4.70. The first-order chi connectivity index (χ1) is 11.1. The second-order valence-electron chi connectivity index (χ2n) is 5.33. The van der Waals surface area contributed by atoms with Gasteiger partial charge in [0.2, 0.25) is 11.8 Å². The number of morpholine rings is 1. The smallest absolute Gasteiger partial charge is 0.232 e. The van der Waals surface area contributed by atoms with Crippen molar-refractivity contribution in [1.82, 2.24) is 10.2 Å². The van der Waals surface area contributed by atoms with E-state index >= 15 is 0 Å². The third-order valence-electron chi connectivity index (χ3n) is 3.55. The van der Waals surface area contributed by atoms with Crippen molar-refractivity contribution in [2.24, 2.45) is 0 Å². The van der Waals surface area contributed by atoms with Crippen molar-refractivity contribution >= 4 is 35.2 Å². The van der Waals surface area contributed by atoms with Gasteiger partial charge in [-0.25, -0.2) is 0 Å². The van der Waals surface area contributed by atoms with Gasteiger partial charge >= 0.3 is 0 Å². The quantitative estimate of drug-likeness (QED) is 0.848. The van der Waals surface area contributed by atoms with Crippen molar-refractivity contribution in [2.75, 3.05) is 37.8 Å². The predicted molar refractivity (Wildman–Crippen MR) is 92.7 cm³/mol. The number of carbonyl (C=O) groups excluding carboxylic acids is 2. The van der Waals surface area contributed by atoms with Gasteiger partial charge in [0.15, 0.2) is 0 Å². The normalized spacial score (nSPS) is 16.0. The molecule has 1 unspecified atom stereocenters. The van der Waals surface area contributed by atoms with Crippen LogP contribution < -0.4 is 5.32 Å². The van der Waals surface area contributed by atoms with Crippen LogP contribution in [-0.4, -0.2) is 54.5 Å². The molecule has 126 valence electrons. The summed E-state index contributed by atoms with van der Waals surface area (Å²) in [6.07, 6.45) is 0. The summed E-state index contributed by atoms with van der Waals surface area (Å²) in [5.41, 5.74) is 0.959. The van der Waals surface area contributed by atoms with Gasteiger partial charge in [-0.3, -0.25) is 9.59 Å². The maximum atomic E-state index is 12.0. The first-order valence-electron chi connectivity index (χ1n) is 7.54. The van der Waals surface area contributed by atoms with Crippen LogP contribution in [0.3, 0.4) is 0 Å². The van der Waals surface area contributed by atoms with E-state index in [4.69, 9.17) is 16.3 Å². The van der Waals surface area contributed by atoms with Gasteiger partial charge in [-0.1, -0.05) is 23.7 Å². The molecule has 1 saturated heterocycles. The largest absolute Gasteiger partial charge is 0.378 e. The van der Waals surface area contributed by atoms with Gasteiger partial charge in [0, 0.05) is 18.1 Å². The number of rotatable bonds is 6. The lowest BCUT2D eigenvalue weighted by Crippen LogP contribution is -2.41. The van der Waals surface area contributed by atoms with Crippen molar-refractivity contribution in [1.29, 1.82) is 0 Å². The van der Waals surface area contributed by atoms with Crippen LogP contribution in [0.15, 0.2) is 24.3 Å². The Bertz CT molecular complexity index is 550. The maximum Gasteiger partial charge on any atom is 0.232 e.